The number of likely N-dealkylation sites (tertiary alicyclic amines) is 2. The number of hydrogen-bond acceptors (Lipinski definition) is 9. The molecule has 0 radical (unpaired) electrons. The molecule has 2 unspecified atom stereocenters. The number of carbonyl (C=O) groups excluding carboxylic acids is 2. The minimum atomic E-state index is -0.829. The maximum atomic E-state index is 11.8. The number of fused-ring (bicyclic) bond motifs is 1. The number of amides is 1. The summed E-state index contributed by atoms with van der Waals surface area (Å²) >= 11 is 0.796. The molecule has 0 aliphatic carbocycles. The van der Waals surface area contributed by atoms with Crippen molar-refractivity contribution in [2.45, 2.75) is 70.3 Å². The molecule has 4 rings (SSSR count). The van der Waals surface area contributed by atoms with Crippen molar-refractivity contribution in [3.8, 4) is 11.5 Å². The fourth-order valence-corrected chi connectivity index (χ4v) is 5.61. The molecule has 0 aromatic heterocycles. The number of unbranched alkanes of at least 4 members (excludes halogenated alkanes) is 2. The fraction of sp³-hybridized carbons (Fsp3) is 0.719. The van der Waals surface area contributed by atoms with E-state index in [0.717, 1.165) is 68.4 Å². The third-order valence-electron chi connectivity index (χ3n) is 8.07. The average molecular weight is 623 g/mol. The van der Waals surface area contributed by atoms with E-state index in [-0.39, 0.29) is 12.7 Å². The second-order valence-corrected chi connectivity index (χ2v) is 12.5. The number of hydrogen-bond donors (Lipinski definition) is 1. The number of thioether (sulfide) groups is 1. The third kappa shape index (κ3) is 13.9. The summed E-state index contributed by atoms with van der Waals surface area (Å²) in [6.45, 7) is 9.29. The average Bonchev–Trinajstić information content (AvgIpc) is 3.73. The minimum Gasteiger partial charge on any atom is -0.473 e. The van der Waals surface area contributed by atoms with Crippen LogP contribution in [0.2, 0.25) is 0 Å². The zero-order valence-corrected chi connectivity index (χ0v) is 27.8. The van der Waals surface area contributed by atoms with Gasteiger partial charge in [0.2, 0.25) is 12.7 Å². The van der Waals surface area contributed by atoms with Crippen LogP contribution in [0.1, 0.15) is 69.8 Å². The molecule has 0 bridgehead atoms. The quantitative estimate of drug-likeness (QED) is 0.228. The molecule has 1 aromatic rings. The van der Waals surface area contributed by atoms with Crippen molar-refractivity contribution < 1.29 is 29.0 Å². The van der Waals surface area contributed by atoms with Crippen LogP contribution in [0.25, 0.3) is 0 Å². The first kappa shape index (κ1) is 36.8. The Balaban J connectivity index is 0.000000302. The minimum absolute atomic E-state index is 0.271. The van der Waals surface area contributed by atoms with Crippen LogP contribution in [0.4, 0.5) is 4.79 Å². The highest BCUT2D eigenvalue weighted by molar-refractivity contribution is 8.12. The maximum absolute atomic E-state index is 11.8. The zero-order chi connectivity index (χ0) is 31.6. The van der Waals surface area contributed by atoms with Crippen LogP contribution in [0.5, 0.6) is 11.5 Å². The summed E-state index contributed by atoms with van der Waals surface area (Å²) in [4.78, 5) is 41.1. The molecular weight excluding hydrogens is 568 g/mol. The lowest BCUT2D eigenvalue weighted by molar-refractivity contribution is -0.127. The number of nitrogens with zero attached hydrogens (tertiary/aromatic N) is 4. The molecule has 0 spiro atoms. The Labute approximate surface area is 263 Å². The molecule has 244 valence electrons. The molecule has 3 aliphatic heterocycles. The summed E-state index contributed by atoms with van der Waals surface area (Å²) in [5, 5.41) is 6.86. The van der Waals surface area contributed by atoms with E-state index in [1.807, 2.05) is 11.0 Å². The largest absolute Gasteiger partial charge is 0.473 e. The van der Waals surface area contributed by atoms with E-state index < -0.39 is 5.30 Å². The van der Waals surface area contributed by atoms with Gasteiger partial charge in [-0.2, -0.15) is 0 Å². The van der Waals surface area contributed by atoms with Crippen molar-refractivity contribution >= 4 is 29.3 Å². The number of ether oxygens (including phenoxy) is 2. The van der Waals surface area contributed by atoms with Gasteiger partial charge < -0.3 is 34.1 Å². The van der Waals surface area contributed by atoms with Crippen molar-refractivity contribution in [2.24, 2.45) is 0 Å². The first-order valence-corrected chi connectivity index (χ1v) is 16.9. The van der Waals surface area contributed by atoms with Gasteiger partial charge in [-0.15, -0.1) is 0 Å². The number of rotatable bonds is 14. The fourth-order valence-electron chi connectivity index (χ4n) is 5.61. The number of benzene rings is 1. The highest BCUT2D eigenvalue weighted by Crippen LogP contribution is 2.39. The predicted octanol–water partition coefficient (Wildman–Crippen LogP) is 4.87. The lowest BCUT2D eigenvalue weighted by Crippen LogP contribution is -2.35. The molecule has 1 aromatic carbocycles. The van der Waals surface area contributed by atoms with Crippen molar-refractivity contribution in [2.75, 3.05) is 80.0 Å². The molecule has 3 heterocycles. The molecular formula is C32H54N4O6S. The van der Waals surface area contributed by atoms with Crippen LogP contribution in [-0.4, -0.2) is 128 Å². The molecule has 0 saturated carbocycles. The number of aldehydes is 1. The van der Waals surface area contributed by atoms with Crippen LogP contribution >= 0.6 is 11.8 Å². The molecule has 2 saturated heterocycles. The zero-order valence-electron chi connectivity index (χ0n) is 27.0. The Bertz CT molecular complexity index is 981. The van der Waals surface area contributed by atoms with Gasteiger partial charge in [0.15, 0.2) is 11.5 Å². The van der Waals surface area contributed by atoms with E-state index in [9.17, 15) is 14.4 Å². The van der Waals surface area contributed by atoms with Gasteiger partial charge in [0.25, 0.3) is 0 Å². The first-order chi connectivity index (χ1) is 20.7. The van der Waals surface area contributed by atoms with Crippen molar-refractivity contribution in [3.63, 3.8) is 0 Å². The lowest BCUT2D eigenvalue weighted by atomic mass is 9.95. The standard InChI is InChI=1S/C19H24N2O4.C11H26N2.C2H4O2S/c22-9-8-21-12-15(14-3-4-17-18(11-14)25-13-24-17)10-16(21)5-7-20-6-1-2-19(20)23;1-5-6-10-13(4)11-8-7-9-12(2)3;1-5-2(3)4/h3-4,9,11,15-16H,1-2,5-8,10,12-13H2;5-11H2,1-4H3;1H3,(H,3,4). The summed E-state index contributed by atoms with van der Waals surface area (Å²) < 4.78 is 10.9. The molecule has 2 atom stereocenters. The highest BCUT2D eigenvalue weighted by atomic mass is 32.2. The van der Waals surface area contributed by atoms with E-state index >= 15 is 0 Å². The SMILES string of the molecule is CCCCN(C)CCCCN(C)C.CSC(=O)O.O=CCN1CC(c2ccc3c(c2)OCO3)CC1CCN1CCCC1=O. The van der Waals surface area contributed by atoms with Gasteiger partial charge in [-0.1, -0.05) is 19.4 Å². The topological polar surface area (TPSA) is 103 Å². The maximum Gasteiger partial charge on any atom is 0.364 e. The van der Waals surface area contributed by atoms with Crippen molar-refractivity contribution in [1.82, 2.24) is 19.6 Å². The molecule has 2 fully saturated rings. The Kier molecular flexibility index (Phi) is 17.6. The van der Waals surface area contributed by atoms with E-state index in [2.05, 4.69) is 54.9 Å². The van der Waals surface area contributed by atoms with Gasteiger partial charge in [-0.05, 0) is 121 Å². The Morgan fingerprint density at radius 2 is 1.81 bits per heavy atom. The predicted molar refractivity (Wildman–Crippen MR) is 174 cm³/mol. The van der Waals surface area contributed by atoms with Gasteiger partial charge in [0.05, 0.1) is 6.54 Å². The number of carboxylic acid groups (broad SMARTS) is 1. The molecule has 11 heteroatoms. The van der Waals surface area contributed by atoms with E-state index in [0.29, 0.717) is 24.9 Å². The summed E-state index contributed by atoms with van der Waals surface area (Å²) in [7, 11) is 6.51. The summed E-state index contributed by atoms with van der Waals surface area (Å²) in [5.74, 6) is 2.27. The second kappa shape index (κ2) is 20.6. The van der Waals surface area contributed by atoms with Crippen LogP contribution in [-0.2, 0) is 9.59 Å². The smallest absolute Gasteiger partial charge is 0.364 e. The van der Waals surface area contributed by atoms with Gasteiger partial charge >= 0.3 is 5.30 Å². The Morgan fingerprint density at radius 1 is 1.12 bits per heavy atom. The molecule has 3 aliphatic rings. The second-order valence-electron chi connectivity index (χ2n) is 11.7. The van der Waals surface area contributed by atoms with Gasteiger partial charge in [-0.25, -0.2) is 4.79 Å². The van der Waals surface area contributed by atoms with Gasteiger partial charge in [0.1, 0.15) is 6.29 Å². The van der Waals surface area contributed by atoms with E-state index in [1.54, 1.807) is 0 Å². The van der Waals surface area contributed by atoms with Crippen molar-refractivity contribution in [3.05, 3.63) is 23.8 Å². The highest BCUT2D eigenvalue weighted by Gasteiger charge is 2.34. The van der Waals surface area contributed by atoms with Crippen LogP contribution in [0.3, 0.4) is 0 Å². The third-order valence-corrected chi connectivity index (χ3v) is 8.42. The molecule has 43 heavy (non-hydrogen) atoms. The normalized spacial score (nSPS) is 19.3. The molecule has 10 nitrogen and oxygen atoms in total. The Hall–Kier alpha value is -2.34. The van der Waals surface area contributed by atoms with E-state index in [1.165, 1.54) is 57.1 Å². The monoisotopic (exact) mass is 622 g/mol. The van der Waals surface area contributed by atoms with Crippen molar-refractivity contribution in [1.29, 1.82) is 0 Å². The van der Waals surface area contributed by atoms with Crippen LogP contribution < -0.4 is 9.47 Å². The van der Waals surface area contributed by atoms with Crippen LogP contribution in [0, 0.1) is 0 Å². The number of carbonyl (C=O) groups is 3. The first-order valence-electron chi connectivity index (χ1n) is 15.6. The summed E-state index contributed by atoms with van der Waals surface area (Å²) in [6.07, 6.45) is 11.4. The molecule has 1 N–H and O–H groups in total. The van der Waals surface area contributed by atoms with Gasteiger partial charge in [-0.3, -0.25) is 9.69 Å². The van der Waals surface area contributed by atoms with Crippen LogP contribution in [0.15, 0.2) is 18.2 Å². The molecule has 1 amide bonds. The lowest BCUT2D eigenvalue weighted by Gasteiger charge is -2.24. The van der Waals surface area contributed by atoms with Gasteiger partial charge in [0, 0.05) is 32.1 Å². The summed E-state index contributed by atoms with van der Waals surface area (Å²) in [5.41, 5.74) is 1.24. The van der Waals surface area contributed by atoms with E-state index in [4.69, 9.17) is 14.6 Å². The summed E-state index contributed by atoms with van der Waals surface area (Å²) in [6, 6.07) is 6.48. The Morgan fingerprint density at radius 3 is 2.44 bits per heavy atom.